The molecule has 0 aliphatic rings. The number of aryl methyl sites for hydroxylation is 1. The van der Waals surface area contributed by atoms with Crippen molar-refractivity contribution in [2.45, 2.75) is 13.5 Å². The Labute approximate surface area is 175 Å². The second kappa shape index (κ2) is 11.1. The van der Waals surface area contributed by atoms with E-state index in [9.17, 15) is 0 Å². The molecule has 2 N–H and O–H groups in total. The van der Waals surface area contributed by atoms with Gasteiger partial charge in [0.25, 0.3) is 0 Å². The van der Waals surface area contributed by atoms with Gasteiger partial charge in [0.05, 0.1) is 0 Å². The van der Waals surface area contributed by atoms with Gasteiger partial charge in [-0.1, -0.05) is 109 Å². The van der Waals surface area contributed by atoms with E-state index in [2.05, 4.69) is 85.8 Å². The molecule has 28 heavy (non-hydrogen) atoms. The summed E-state index contributed by atoms with van der Waals surface area (Å²) in [6.07, 6.45) is 0. The summed E-state index contributed by atoms with van der Waals surface area (Å²) in [6, 6.07) is 37.7. The van der Waals surface area contributed by atoms with Gasteiger partial charge in [-0.05, 0) is 40.8 Å². The van der Waals surface area contributed by atoms with E-state index in [1.165, 1.54) is 27.8 Å². The highest BCUT2D eigenvalue weighted by Crippen LogP contribution is 2.32. The average Bonchev–Trinajstić information content (AvgIpc) is 2.75. The van der Waals surface area contributed by atoms with E-state index in [1.54, 1.807) is 0 Å². The summed E-state index contributed by atoms with van der Waals surface area (Å²) in [5.74, 6) is 0. The third-order valence-electron chi connectivity index (χ3n) is 4.43. The highest BCUT2D eigenvalue weighted by molar-refractivity contribution is 7.59. The number of nitrogens with two attached hydrogens (primary N) is 1. The van der Waals surface area contributed by atoms with Gasteiger partial charge in [0.1, 0.15) is 0 Å². The van der Waals surface area contributed by atoms with Gasteiger partial charge >= 0.3 is 0 Å². The maximum Gasteiger partial charge on any atom is 0.0178 e. The van der Waals surface area contributed by atoms with E-state index in [0.29, 0.717) is 6.54 Å². The molecule has 0 aromatic heterocycles. The van der Waals surface area contributed by atoms with Crippen LogP contribution in [0.2, 0.25) is 0 Å². The van der Waals surface area contributed by atoms with Gasteiger partial charge in [0.2, 0.25) is 0 Å². The summed E-state index contributed by atoms with van der Waals surface area (Å²) >= 11 is 0. The van der Waals surface area contributed by atoms with Gasteiger partial charge < -0.3 is 5.73 Å². The van der Waals surface area contributed by atoms with E-state index in [-0.39, 0.29) is 13.5 Å². The zero-order valence-electron chi connectivity index (χ0n) is 16.2. The molecule has 4 aromatic rings. The molecular weight excluding hydrogens is 358 g/mol. The van der Waals surface area contributed by atoms with Crippen molar-refractivity contribution in [2.75, 3.05) is 0 Å². The first kappa shape index (κ1) is 21.5. The standard InChI is InChI=1S/C19H17N.C7H8.H2S/c20-14-15-11-12-18(16-7-3-1-4-8-16)19(13-15)17-9-5-2-6-10-17;1-7-5-3-2-4-6-7;/h1-13H,14,20H2;2-6H,1H3;1H2. The maximum atomic E-state index is 5.79. The van der Waals surface area contributed by atoms with Gasteiger partial charge in [0.15, 0.2) is 0 Å². The lowest BCUT2D eigenvalue weighted by atomic mass is 9.93. The van der Waals surface area contributed by atoms with Crippen molar-refractivity contribution < 1.29 is 0 Å². The van der Waals surface area contributed by atoms with Crippen LogP contribution in [-0.4, -0.2) is 0 Å². The fourth-order valence-corrected chi connectivity index (χ4v) is 2.98. The fourth-order valence-electron chi connectivity index (χ4n) is 2.98. The summed E-state index contributed by atoms with van der Waals surface area (Å²) < 4.78 is 0. The van der Waals surface area contributed by atoms with Crippen molar-refractivity contribution in [2.24, 2.45) is 5.73 Å². The van der Waals surface area contributed by atoms with Gasteiger partial charge in [-0.2, -0.15) is 13.5 Å². The SMILES string of the molecule is Cc1ccccc1.NCc1ccc(-c2ccccc2)c(-c2ccccc2)c1.S. The van der Waals surface area contributed by atoms with Crippen molar-refractivity contribution in [3.05, 3.63) is 120 Å². The van der Waals surface area contributed by atoms with Crippen LogP contribution in [0.4, 0.5) is 0 Å². The smallest absolute Gasteiger partial charge is 0.0178 e. The first-order chi connectivity index (χ1) is 13.3. The molecular formula is C26H27NS. The number of benzene rings is 4. The van der Waals surface area contributed by atoms with Crippen LogP contribution in [-0.2, 0) is 6.54 Å². The summed E-state index contributed by atoms with van der Waals surface area (Å²) in [4.78, 5) is 0. The molecule has 0 aliphatic carbocycles. The van der Waals surface area contributed by atoms with Crippen LogP contribution in [0.3, 0.4) is 0 Å². The Morgan fingerprint density at radius 2 is 1.04 bits per heavy atom. The van der Waals surface area contributed by atoms with Crippen LogP contribution >= 0.6 is 13.5 Å². The Hall–Kier alpha value is -2.81. The second-order valence-corrected chi connectivity index (χ2v) is 6.47. The predicted molar refractivity (Wildman–Crippen MR) is 127 cm³/mol. The molecule has 142 valence electrons. The molecule has 0 saturated carbocycles. The molecule has 2 heteroatoms. The molecule has 0 unspecified atom stereocenters. The van der Waals surface area contributed by atoms with E-state index in [1.807, 2.05) is 30.3 Å². The maximum absolute atomic E-state index is 5.79. The van der Waals surface area contributed by atoms with Crippen molar-refractivity contribution in [3.63, 3.8) is 0 Å². The van der Waals surface area contributed by atoms with Crippen molar-refractivity contribution >= 4 is 13.5 Å². The predicted octanol–water partition coefficient (Wildman–Crippen LogP) is 6.59. The molecule has 0 saturated heterocycles. The lowest BCUT2D eigenvalue weighted by Crippen LogP contribution is -1.97. The van der Waals surface area contributed by atoms with E-state index < -0.39 is 0 Å². The lowest BCUT2D eigenvalue weighted by molar-refractivity contribution is 1.07. The van der Waals surface area contributed by atoms with Crippen molar-refractivity contribution in [3.8, 4) is 22.3 Å². The highest BCUT2D eigenvalue weighted by Gasteiger charge is 2.07. The number of rotatable bonds is 3. The van der Waals surface area contributed by atoms with Crippen LogP contribution in [0.1, 0.15) is 11.1 Å². The molecule has 0 atom stereocenters. The topological polar surface area (TPSA) is 26.0 Å². The molecule has 1 nitrogen and oxygen atoms in total. The number of hydrogen-bond acceptors (Lipinski definition) is 1. The van der Waals surface area contributed by atoms with Crippen LogP contribution in [0.5, 0.6) is 0 Å². The monoisotopic (exact) mass is 385 g/mol. The Balaban J connectivity index is 0.000000298. The van der Waals surface area contributed by atoms with Crippen molar-refractivity contribution in [1.29, 1.82) is 0 Å². The fraction of sp³-hybridized carbons (Fsp3) is 0.0769. The molecule has 0 fully saturated rings. The minimum atomic E-state index is 0. The lowest BCUT2D eigenvalue weighted by Gasteiger charge is -2.12. The van der Waals surface area contributed by atoms with E-state index in [4.69, 9.17) is 5.73 Å². The summed E-state index contributed by atoms with van der Waals surface area (Å²) in [5.41, 5.74) is 13.2. The minimum absolute atomic E-state index is 0. The van der Waals surface area contributed by atoms with Gasteiger partial charge in [-0.15, -0.1) is 0 Å². The Morgan fingerprint density at radius 3 is 1.46 bits per heavy atom. The molecule has 0 aliphatic heterocycles. The van der Waals surface area contributed by atoms with Crippen LogP contribution in [0, 0.1) is 6.92 Å². The normalized spacial score (nSPS) is 9.64. The van der Waals surface area contributed by atoms with Crippen LogP contribution in [0.15, 0.2) is 109 Å². The minimum Gasteiger partial charge on any atom is -0.326 e. The molecule has 4 rings (SSSR count). The highest BCUT2D eigenvalue weighted by atomic mass is 32.1. The number of hydrogen-bond donors (Lipinski definition) is 1. The zero-order chi connectivity index (χ0) is 18.9. The zero-order valence-corrected chi connectivity index (χ0v) is 17.2. The quantitative estimate of drug-likeness (QED) is 0.423. The van der Waals surface area contributed by atoms with Gasteiger partial charge in [-0.3, -0.25) is 0 Å². The van der Waals surface area contributed by atoms with Gasteiger partial charge in [-0.25, -0.2) is 0 Å². The molecule has 0 amide bonds. The molecule has 0 heterocycles. The molecule has 0 radical (unpaired) electrons. The Morgan fingerprint density at radius 1 is 0.571 bits per heavy atom. The van der Waals surface area contributed by atoms with Gasteiger partial charge in [0, 0.05) is 6.54 Å². The van der Waals surface area contributed by atoms with Crippen LogP contribution in [0.25, 0.3) is 22.3 Å². The largest absolute Gasteiger partial charge is 0.326 e. The second-order valence-electron chi connectivity index (χ2n) is 6.47. The average molecular weight is 386 g/mol. The summed E-state index contributed by atoms with van der Waals surface area (Å²) in [6.45, 7) is 2.65. The Kier molecular flexibility index (Phi) is 8.54. The van der Waals surface area contributed by atoms with E-state index in [0.717, 1.165) is 5.56 Å². The Bertz CT molecular complexity index is 951. The summed E-state index contributed by atoms with van der Waals surface area (Å²) in [5, 5.41) is 0. The third kappa shape index (κ3) is 5.85. The van der Waals surface area contributed by atoms with E-state index >= 15 is 0 Å². The first-order valence-corrected chi connectivity index (χ1v) is 9.23. The first-order valence-electron chi connectivity index (χ1n) is 9.23. The molecule has 4 aromatic carbocycles. The summed E-state index contributed by atoms with van der Waals surface area (Å²) in [7, 11) is 0. The third-order valence-corrected chi connectivity index (χ3v) is 4.43. The van der Waals surface area contributed by atoms with Crippen molar-refractivity contribution in [1.82, 2.24) is 0 Å². The molecule has 0 bridgehead atoms. The molecule has 0 spiro atoms. The van der Waals surface area contributed by atoms with Crippen LogP contribution < -0.4 is 5.73 Å².